The van der Waals surface area contributed by atoms with Gasteiger partial charge in [-0.3, -0.25) is 0 Å². The maximum atomic E-state index is 8.53. The molecular weight excluding hydrogens is 194 g/mol. The van der Waals surface area contributed by atoms with E-state index in [1.54, 1.807) is 6.08 Å². The summed E-state index contributed by atoms with van der Waals surface area (Å²) in [7, 11) is 0. The highest BCUT2D eigenvalue weighted by atomic mass is 14.2. The molecule has 1 aromatic rings. The Morgan fingerprint density at radius 2 is 1.81 bits per heavy atom. The Bertz CT molecular complexity index is 485. The van der Waals surface area contributed by atoms with Gasteiger partial charge in [-0.1, -0.05) is 24.3 Å². The van der Waals surface area contributed by atoms with Crippen molar-refractivity contribution in [3.63, 3.8) is 0 Å². The third-order valence-corrected chi connectivity index (χ3v) is 2.81. The Morgan fingerprint density at radius 3 is 2.44 bits per heavy atom. The Kier molecular flexibility index (Phi) is 4.08. The average Bonchev–Trinajstić information content (AvgIpc) is 2.24. The lowest BCUT2D eigenvalue weighted by molar-refractivity contribution is 1.28. The van der Waals surface area contributed by atoms with E-state index >= 15 is 0 Å². The molecule has 1 heteroatoms. The first kappa shape index (κ1) is 12.3. The Balaban J connectivity index is 3.12. The molecule has 0 heterocycles. The van der Waals surface area contributed by atoms with Gasteiger partial charge in [0.15, 0.2) is 0 Å². The van der Waals surface area contributed by atoms with Gasteiger partial charge in [0.1, 0.15) is 0 Å². The molecule has 0 unspecified atom stereocenters. The predicted octanol–water partition coefficient (Wildman–Crippen LogP) is 4.09. The van der Waals surface area contributed by atoms with E-state index in [0.717, 1.165) is 5.57 Å². The fourth-order valence-electron chi connectivity index (χ4n) is 1.59. The van der Waals surface area contributed by atoms with Crippen LogP contribution in [0.2, 0.25) is 0 Å². The average molecular weight is 211 g/mol. The molecule has 0 aromatic heterocycles. The number of hydrogen-bond acceptors (Lipinski definition) is 1. The number of benzene rings is 1. The molecule has 0 saturated carbocycles. The van der Waals surface area contributed by atoms with E-state index in [4.69, 9.17) is 5.26 Å². The lowest BCUT2D eigenvalue weighted by Gasteiger charge is -2.08. The van der Waals surface area contributed by atoms with Gasteiger partial charge in [-0.25, -0.2) is 0 Å². The topological polar surface area (TPSA) is 23.8 Å². The van der Waals surface area contributed by atoms with Gasteiger partial charge in [0.2, 0.25) is 0 Å². The predicted molar refractivity (Wildman–Crippen MR) is 69.1 cm³/mol. The molecule has 1 aromatic carbocycles. The summed E-state index contributed by atoms with van der Waals surface area (Å²) >= 11 is 0. The van der Waals surface area contributed by atoms with Crippen LogP contribution in [0.15, 0.2) is 29.9 Å². The van der Waals surface area contributed by atoms with Gasteiger partial charge in [0, 0.05) is 6.08 Å². The van der Waals surface area contributed by atoms with Crippen LogP contribution in [0.5, 0.6) is 0 Å². The van der Waals surface area contributed by atoms with Crippen molar-refractivity contribution in [3.05, 3.63) is 52.1 Å². The molecule has 16 heavy (non-hydrogen) atoms. The molecular formula is C15H17N. The first-order valence-corrected chi connectivity index (χ1v) is 5.37. The van der Waals surface area contributed by atoms with E-state index in [2.05, 4.69) is 39.0 Å². The van der Waals surface area contributed by atoms with Gasteiger partial charge in [0.05, 0.1) is 6.07 Å². The molecule has 0 radical (unpaired) electrons. The fourth-order valence-corrected chi connectivity index (χ4v) is 1.59. The summed E-state index contributed by atoms with van der Waals surface area (Å²) in [5.41, 5.74) is 6.10. The van der Waals surface area contributed by atoms with Crippen LogP contribution in [0.4, 0.5) is 0 Å². The summed E-state index contributed by atoms with van der Waals surface area (Å²) in [5, 5.41) is 8.53. The van der Waals surface area contributed by atoms with Gasteiger partial charge in [-0.15, -0.1) is 0 Å². The summed E-state index contributed by atoms with van der Waals surface area (Å²) in [5.74, 6) is 0. The summed E-state index contributed by atoms with van der Waals surface area (Å²) < 4.78 is 0. The summed E-state index contributed by atoms with van der Waals surface area (Å²) in [6.45, 7) is 8.28. The quantitative estimate of drug-likeness (QED) is 0.534. The van der Waals surface area contributed by atoms with Crippen molar-refractivity contribution < 1.29 is 0 Å². The second-order valence-electron chi connectivity index (χ2n) is 4.09. The second kappa shape index (κ2) is 5.32. The highest BCUT2D eigenvalue weighted by Gasteiger charge is 2.01. The van der Waals surface area contributed by atoms with Crippen molar-refractivity contribution >= 4 is 6.08 Å². The zero-order valence-electron chi connectivity index (χ0n) is 10.3. The number of aryl methyl sites for hydroxylation is 2. The second-order valence-corrected chi connectivity index (χ2v) is 4.09. The molecule has 0 aliphatic rings. The number of nitrogens with zero attached hydrogens (tertiary/aromatic N) is 1. The standard InChI is InChI=1S/C15H17N/c1-11(9-10-16)5-8-15-13(3)7-6-12(2)14(15)4/h5-9H,1-4H3/b8-5+,11-9+. The SMILES string of the molecule is CC(/C=C/c1c(C)ccc(C)c1C)=C\C#N. The van der Waals surface area contributed by atoms with Gasteiger partial charge < -0.3 is 0 Å². The van der Waals surface area contributed by atoms with E-state index in [1.165, 1.54) is 22.3 Å². The van der Waals surface area contributed by atoms with Crippen LogP contribution >= 0.6 is 0 Å². The van der Waals surface area contributed by atoms with E-state index < -0.39 is 0 Å². The smallest absolute Gasteiger partial charge is 0.0914 e. The molecule has 0 saturated heterocycles. The minimum Gasteiger partial charge on any atom is -0.193 e. The third kappa shape index (κ3) is 2.84. The molecule has 0 fully saturated rings. The normalized spacial score (nSPS) is 11.8. The molecule has 0 aliphatic carbocycles. The monoisotopic (exact) mass is 211 g/mol. The Hall–Kier alpha value is -1.81. The van der Waals surface area contributed by atoms with Gasteiger partial charge in [-0.2, -0.15) is 5.26 Å². The minimum absolute atomic E-state index is 0.975. The zero-order valence-corrected chi connectivity index (χ0v) is 10.3. The van der Waals surface area contributed by atoms with Crippen molar-refractivity contribution in [2.24, 2.45) is 0 Å². The van der Waals surface area contributed by atoms with Gasteiger partial charge in [-0.05, 0) is 55.5 Å². The molecule has 0 amide bonds. The first-order valence-electron chi connectivity index (χ1n) is 5.37. The maximum Gasteiger partial charge on any atom is 0.0914 e. The Morgan fingerprint density at radius 1 is 1.19 bits per heavy atom. The molecule has 0 spiro atoms. The molecule has 0 aliphatic heterocycles. The molecule has 0 bridgehead atoms. The molecule has 0 atom stereocenters. The highest BCUT2D eigenvalue weighted by Crippen LogP contribution is 2.19. The van der Waals surface area contributed by atoms with Crippen molar-refractivity contribution in [1.29, 1.82) is 5.26 Å². The largest absolute Gasteiger partial charge is 0.193 e. The molecule has 1 rings (SSSR count). The number of hydrogen-bond donors (Lipinski definition) is 0. The highest BCUT2D eigenvalue weighted by molar-refractivity contribution is 5.61. The van der Waals surface area contributed by atoms with Crippen molar-refractivity contribution in [2.45, 2.75) is 27.7 Å². The van der Waals surface area contributed by atoms with Crippen LogP contribution in [0, 0.1) is 32.1 Å². The lowest BCUT2D eigenvalue weighted by atomic mass is 9.97. The van der Waals surface area contributed by atoms with Crippen LogP contribution < -0.4 is 0 Å². The summed E-state index contributed by atoms with van der Waals surface area (Å²) in [6.07, 6.45) is 5.62. The molecule has 82 valence electrons. The van der Waals surface area contributed by atoms with E-state index in [0.29, 0.717) is 0 Å². The van der Waals surface area contributed by atoms with E-state index in [-0.39, 0.29) is 0 Å². The number of nitriles is 1. The van der Waals surface area contributed by atoms with E-state index in [9.17, 15) is 0 Å². The van der Waals surface area contributed by atoms with Crippen LogP contribution in [-0.2, 0) is 0 Å². The summed E-state index contributed by atoms with van der Waals surface area (Å²) in [4.78, 5) is 0. The van der Waals surface area contributed by atoms with Gasteiger partial charge >= 0.3 is 0 Å². The number of allylic oxidation sites excluding steroid dienone is 3. The number of rotatable bonds is 2. The zero-order chi connectivity index (χ0) is 12.1. The van der Waals surface area contributed by atoms with Crippen LogP contribution in [-0.4, -0.2) is 0 Å². The lowest BCUT2D eigenvalue weighted by Crippen LogP contribution is -1.89. The third-order valence-electron chi connectivity index (χ3n) is 2.81. The van der Waals surface area contributed by atoms with E-state index in [1.807, 2.05) is 19.1 Å². The molecule has 0 N–H and O–H groups in total. The maximum absolute atomic E-state index is 8.53. The first-order chi connectivity index (χ1) is 7.56. The van der Waals surface area contributed by atoms with Crippen LogP contribution in [0.3, 0.4) is 0 Å². The van der Waals surface area contributed by atoms with Crippen molar-refractivity contribution in [1.82, 2.24) is 0 Å². The van der Waals surface area contributed by atoms with Crippen LogP contribution in [0.25, 0.3) is 6.08 Å². The van der Waals surface area contributed by atoms with Gasteiger partial charge in [0.25, 0.3) is 0 Å². The van der Waals surface area contributed by atoms with Crippen molar-refractivity contribution in [2.75, 3.05) is 0 Å². The Labute approximate surface area is 97.7 Å². The van der Waals surface area contributed by atoms with Crippen LogP contribution in [0.1, 0.15) is 29.2 Å². The molecule has 1 nitrogen and oxygen atoms in total. The summed E-state index contributed by atoms with van der Waals surface area (Å²) in [6, 6.07) is 6.30. The minimum atomic E-state index is 0.975. The fraction of sp³-hybridized carbons (Fsp3) is 0.267. The van der Waals surface area contributed by atoms with Crippen molar-refractivity contribution in [3.8, 4) is 6.07 Å².